The maximum Gasteiger partial charge on any atom is 0.253 e. The molecule has 2 heterocycles. The van der Waals surface area contributed by atoms with E-state index in [0.717, 1.165) is 49.1 Å². The van der Waals surface area contributed by atoms with Crippen LogP contribution in [0.5, 0.6) is 0 Å². The summed E-state index contributed by atoms with van der Waals surface area (Å²) in [5.41, 5.74) is 4.71. The number of aryl methyl sites for hydroxylation is 1. The van der Waals surface area contributed by atoms with Crippen LogP contribution in [-0.2, 0) is 12.8 Å². The molecule has 0 unspecified atom stereocenters. The number of carbonyl (C=O) groups is 1. The van der Waals surface area contributed by atoms with Crippen molar-refractivity contribution in [2.45, 2.75) is 25.3 Å². The van der Waals surface area contributed by atoms with Crippen molar-refractivity contribution < 1.29 is 4.79 Å². The molecule has 1 aliphatic carbocycles. The van der Waals surface area contributed by atoms with Gasteiger partial charge in [0.05, 0.1) is 5.52 Å². The van der Waals surface area contributed by atoms with Gasteiger partial charge in [-0.1, -0.05) is 30.3 Å². The van der Waals surface area contributed by atoms with Crippen LogP contribution in [0.4, 0.5) is 0 Å². The van der Waals surface area contributed by atoms with E-state index >= 15 is 0 Å². The van der Waals surface area contributed by atoms with Crippen molar-refractivity contribution in [1.82, 2.24) is 14.8 Å². The van der Waals surface area contributed by atoms with Gasteiger partial charge in [-0.3, -0.25) is 14.7 Å². The van der Waals surface area contributed by atoms with Crippen LogP contribution in [0.2, 0.25) is 0 Å². The van der Waals surface area contributed by atoms with Gasteiger partial charge in [0.15, 0.2) is 0 Å². The van der Waals surface area contributed by atoms with E-state index in [1.54, 1.807) is 6.20 Å². The Morgan fingerprint density at radius 1 is 0.929 bits per heavy atom. The Bertz CT molecular complexity index is 1010. The van der Waals surface area contributed by atoms with Crippen molar-refractivity contribution in [1.29, 1.82) is 0 Å². The number of fused-ring (bicyclic) bond motifs is 2. The van der Waals surface area contributed by atoms with Crippen LogP contribution in [0.15, 0.2) is 60.8 Å². The second kappa shape index (κ2) is 7.36. The lowest BCUT2D eigenvalue weighted by Crippen LogP contribution is -2.53. The Morgan fingerprint density at radius 2 is 1.75 bits per heavy atom. The van der Waals surface area contributed by atoms with Gasteiger partial charge in [-0.15, -0.1) is 0 Å². The molecule has 4 heteroatoms. The van der Waals surface area contributed by atoms with Gasteiger partial charge < -0.3 is 4.90 Å². The first-order chi connectivity index (χ1) is 13.8. The van der Waals surface area contributed by atoms with Crippen molar-refractivity contribution >= 4 is 16.8 Å². The fourth-order valence-corrected chi connectivity index (χ4v) is 4.67. The molecule has 4 nitrogen and oxygen atoms in total. The summed E-state index contributed by atoms with van der Waals surface area (Å²) in [5.74, 6) is 0.138. The molecule has 0 N–H and O–H groups in total. The van der Waals surface area contributed by atoms with Gasteiger partial charge in [0.2, 0.25) is 0 Å². The summed E-state index contributed by atoms with van der Waals surface area (Å²) in [6.07, 6.45) is 5.32. The Kier molecular flexibility index (Phi) is 4.57. The van der Waals surface area contributed by atoms with Crippen LogP contribution in [0, 0.1) is 0 Å². The van der Waals surface area contributed by atoms with Crippen LogP contribution >= 0.6 is 0 Å². The minimum absolute atomic E-state index is 0.138. The van der Waals surface area contributed by atoms with Gasteiger partial charge in [0, 0.05) is 49.4 Å². The van der Waals surface area contributed by atoms with Gasteiger partial charge in [0.25, 0.3) is 5.91 Å². The molecule has 0 bridgehead atoms. The zero-order valence-corrected chi connectivity index (χ0v) is 16.1. The zero-order chi connectivity index (χ0) is 18.9. The van der Waals surface area contributed by atoms with Gasteiger partial charge in [-0.25, -0.2) is 0 Å². The molecule has 1 fully saturated rings. The molecule has 3 aromatic rings. The maximum absolute atomic E-state index is 13.0. The average molecular weight is 371 g/mol. The summed E-state index contributed by atoms with van der Waals surface area (Å²) < 4.78 is 0. The van der Waals surface area contributed by atoms with E-state index in [-0.39, 0.29) is 5.91 Å². The SMILES string of the molecule is O=C(c1ccc2ncccc2c1)N1CCN([C@@H]2CCc3ccccc3C2)CC1. The number of rotatable bonds is 2. The lowest BCUT2D eigenvalue weighted by atomic mass is 9.87. The largest absolute Gasteiger partial charge is 0.336 e. The number of pyridine rings is 1. The van der Waals surface area contributed by atoms with Crippen molar-refractivity contribution in [3.63, 3.8) is 0 Å². The third-order valence-electron chi connectivity index (χ3n) is 6.29. The second-order valence-corrected chi connectivity index (χ2v) is 7.90. The molecule has 2 aliphatic rings. The Morgan fingerprint density at radius 3 is 2.61 bits per heavy atom. The highest BCUT2D eigenvalue weighted by atomic mass is 16.2. The van der Waals surface area contributed by atoms with Gasteiger partial charge in [-0.05, 0) is 54.7 Å². The molecule has 28 heavy (non-hydrogen) atoms. The fourth-order valence-electron chi connectivity index (χ4n) is 4.67. The van der Waals surface area contributed by atoms with Gasteiger partial charge >= 0.3 is 0 Å². The third-order valence-corrected chi connectivity index (χ3v) is 6.29. The lowest BCUT2D eigenvalue weighted by Gasteiger charge is -2.41. The highest BCUT2D eigenvalue weighted by Gasteiger charge is 2.29. The summed E-state index contributed by atoms with van der Waals surface area (Å²) in [7, 11) is 0. The summed E-state index contributed by atoms with van der Waals surface area (Å²) in [6, 6.07) is 19.2. The van der Waals surface area contributed by atoms with E-state index in [1.165, 1.54) is 24.0 Å². The molecule has 0 spiro atoms. The van der Waals surface area contributed by atoms with Crippen LogP contribution < -0.4 is 0 Å². The van der Waals surface area contributed by atoms with Crippen LogP contribution in [0.1, 0.15) is 27.9 Å². The number of hydrogen-bond donors (Lipinski definition) is 0. The van der Waals surface area contributed by atoms with E-state index in [1.807, 2.05) is 35.2 Å². The second-order valence-electron chi connectivity index (χ2n) is 7.90. The Balaban J connectivity index is 1.23. The first kappa shape index (κ1) is 17.4. The monoisotopic (exact) mass is 371 g/mol. The Hall–Kier alpha value is -2.72. The molecule has 1 aliphatic heterocycles. The molecule has 142 valence electrons. The van der Waals surface area contributed by atoms with E-state index < -0.39 is 0 Å². The highest BCUT2D eigenvalue weighted by Crippen LogP contribution is 2.25. The molecule has 1 aromatic heterocycles. The van der Waals surface area contributed by atoms with Crippen LogP contribution in [0.25, 0.3) is 10.9 Å². The third kappa shape index (κ3) is 3.29. The van der Waals surface area contributed by atoms with E-state index in [9.17, 15) is 4.79 Å². The standard InChI is InChI=1S/C24H25N3O/c28-24(21-8-10-23-20(16-21)6-3-11-25-23)27-14-12-26(13-15-27)22-9-7-18-4-1-2-5-19(18)17-22/h1-6,8,10-11,16,22H,7,9,12-15,17H2/t22-/m1/s1. The number of carbonyl (C=O) groups excluding carboxylic acids is 1. The van der Waals surface area contributed by atoms with Crippen molar-refractivity contribution in [3.8, 4) is 0 Å². The molecule has 1 saturated heterocycles. The number of amides is 1. The first-order valence-corrected chi connectivity index (χ1v) is 10.2. The number of piperazine rings is 1. The first-order valence-electron chi connectivity index (χ1n) is 10.2. The number of hydrogen-bond acceptors (Lipinski definition) is 3. The van der Waals surface area contributed by atoms with Crippen LogP contribution in [0.3, 0.4) is 0 Å². The summed E-state index contributed by atoms with van der Waals surface area (Å²) in [6.45, 7) is 3.55. The van der Waals surface area contributed by atoms with E-state index in [2.05, 4.69) is 34.1 Å². The molecule has 5 rings (SSSR count). The maximum atomic E-state index is 13.0. The van der Waals surface area contributed by atoms with Gasteiger partial charge in [0.1, 0.15) is 0 Å². The van der Waals surface area contributed by atoms with E-state index in [4.69, 9.17) is 0 Å². The summed E-state index contributed by atoms with van der Waals surface area (Å²) in [5, 5.41) is 1.02. The fraction of sp³-hybridized carbons (Fsp3) is 0.333. The van der Waals surface area contributed by atoms with E-state index in [0.29, 0.717) is 6.04 Å². The topological polar surface area (TPSA) is 36.4 Å². The van der Waals surface area contributed by atoms with Gasteiger partial charge in [-0.2, -0.15) is 0 Å². The quantitative estimate of drug-likeness (QED) is 0.691. The molecule has 1 amide bonds. The minimum Gasteiger partial charge on any atom is -0.336 e. The predicted molar refractivity (Wildman–Crippen MR) is 111 cm³/mol. The molecule has 0 saturated carbocycles. The molecular formula is C24H25N3O. The highest BCUT2D eigenvalue weighted by molar-refractivity contribution is 5.98. The minimum atomic E-state index is 0.138. The summed E-state index contributed by atoms with van der Waals surface area (Å²) >= 11 is 0. The van der Waals surface area contributed by atoms with Crippen molar-refractivity contribution in [2.75, 3.05) is 26.2 Å². The Labute approximate surface area is 165 Å². The van der Waals surface area contributed by atoms with Crippen molar-refractivity contribution in [3.05, 3.63) is 77.5 Å². The molecule has 1 atom stereocenters. The molecule has 2 aromatic carbocycles. The zero-order valence-electron chi connectivity index (χ0n) is 16.1. The van der Waals surface area contributed by atoms with Crippen LogP contribution in [-0.4, -0.2) is 52.9 Å². The smallest absolute Gasteiger partial charge is 0.253 e. The molecular weight excluding hydrogens is 346 g/mol. The molecule has 0 radical (unpaired) electrons. The average Bonchev–Trinajstić information content (AvgIpc) is 2.78. The summed E-state index contributed by atoms with van der Waals surface area (Å²) in [4.78, 5) is 21.9. The lowest BCUT2D eigenvalue weighted by molar-refractivity contribution is 0.0553. The number of aromatic nitrogens is 1. The number of nitrogens with zero attached hydrogens (tertiary/aromatic N) is 3. The number of benzene rings is 2. The van der Waals surface area contributed by atoms with Crippen molar-refractivity contribution in [2.24, 2.45) is 0 Å². The normalized spacial score (nSPS) is 20.1. The predicted octanol–water partition coefficient (Wildman–Crippen LogP) is 3.55.